The summed E-state index contributed by atoms with van der Waals surface area (Å²) in [6.07, 6.45) is 6.84. The van der Waals surface area contributed by atoms with Crippen molar-refractivity contribution in [2.45, 2.75) is 37.5 Å². The maximum Gasteiger partial charge on any atom is 0.0379 e. The van der Waals surface area contributed by atoms with Crippen LogP contribution in [0.1, 0.15) is 37.7 Å². The molecule has 4 rings (SSSR count). The molecule has 114 valence electrons. The van der Waals surface area contributed by atoms with E-state index in [2.05, 4.69) is 53.1 Å². The lowest BCUT2D eigenvalue weighted by atomic mass is 9.70. The maximum atomic E-state index is 3.65. The minimum absolute atomic E-state index is 0.397. The molecule has 0 bridgehead atoms. The van der Waals surface area contributed by atoms with Gasteiger partial charge in [0.1, 0.15) is 0 Å². The lowest BCUT2D eigenvalue weighted by Crippen LogP contribution is -2.30. The van der Waals surface area contributed by atoms with Gasteiger partial charge in [0.05, 0.1) is 0 Å². The van der Waals surface area contributed by atoms with Crippen LogP contribution in [0.15, 0.2) is 42.5 Å². The van der Waals surface area contributed by atoms with Gasteiger partial charge in [-0.2, -0.15) is 0 Å². The molecule has 2 aliphatic rings. The Morgan fingerprint density at radius 1 is 0.909 bits per heavy atom. The summed E-state index contributed by atoms with van der Waals surface area (Å²) in [4.78, 5) is 0. The Hall–Kier alpha value is -1.96. The number of fused-ring (bicyclic) bond motifs is 2. The van der Waals surface area contributed by atoms with E-state index < -0.39 is 0 Å². The van der Waals surface area contributed by atoms with E-state index in [0.717, 1.165) is 12.2 Å². The number of nitrogens with one attached hydrogen (secondary N) is 2. The van der Waals surface area contributed by atoms with E-state index in [1.165, 1.54) is 48.9 Å². The fourth-order valence-electron chi connectivity index (χ4n) is 4.18. The SMILES string of the molecule is CNc1ccc(-c2ccc3c(c2)C2(CCCCC2)CN3)cc1. The number of anilines is 2. The average molecular weight is 292 g/mol. The van der Waals surface area contributed by atoms with Gasteiger partial charge in [0.15, 0.2) is 0 Å². The quantitative estimate of drug-likeness (QED) is 0.812. The van der Waals surface area contributed by atoms with Gasteiger partial charge in [0, 0.05) is 30.4 Å². The second kappa shape index (κ2) is 5.35. The van der Waals surface area contributed by atoms with Crippen LogP contribution in [0.4, 0.5) is 11.4 Å². The molecule has 2 aromatic rings. The van der Waals surface area contributed by atoms with Crippen molar-refractivity contribution in [1.29, 1.82) is 0 Å². The standard InChI is InChI=1S/C20H24N2/c1-21-17-8-5-15(6-9-17)16-7-10-19-18(13-16)20(14-22-19)11-3-2-4-12-20/h5-10,13,21-22H,2-4,11-12,14H2,1H3. The van der Waals surface area contributed by atoms with Gasteiger partial charge < -0.3 is 10.6 Å². The van der Waals surface area contributed by atoms with Gasteiger partial charge in [-0.25, -0.2) is 0 Å². The van der Waals surface area contributed by atoms with Crippen LogP contribution in [0.25, 0.3) is 11.1 Å². The number of hydrogen-bond acceptors (Lipinski definition) is 2. The highest BCUT2D eigenvalue weighted by Crippen LogP contribution is 2.47. The third-order valence-electron chi connectivity index (χ3n) is 5.53. The van der Waals surface area contributed by atoms with E-state index in [1.54, 1.807) is 5.56 Å². The molecule has 22 heavy (non-hydrogen) atoms. The van der Waals surface area contributed by atoms with Gasteiger partial charge >= 0.3 is 0 Å². The van der Waals surface area contributed by atoms with Crippen LogP contribution >= 0.6 is 0 Å². The minimum Gasteiger partial charge on any atom is -0.388 e. The van der Waals surface area contributed by atoms with Crippen molar-refractivity contribution in [3.63, 3.8) is 0 Å². The predicted octanol–water partition coefficient (Wildman–Crippen LogP) is 5.02. The first kappa shape index (κ1) is 13.7. The van der Waals surface area contributed by atoms with Crippen molar-refractivity contribution >= 4 is 11.4 Å². The van der Waals surface area contributed by atoms with Crippen LogP contribution in [-0.2, 0) is 5.41 Å². The van der Waals surface area contributed by atoms with Crippen molar-refractivity contribution < 1.29 is 0 Å². The summed E-state index contributed by atoms with van der Waals surface area (Å²) in [7, 11) is 1.96. The zero-order chi connectivity index (χ0) is 15.0. The fourth-order valence-corrected chi connectivity index (χ4v) is 4.18. The monoisotopic (exact) mass is 292 g/mol. The first-order chi connectivity index (χ1) is 10.8. The van der Waals surface area contributed by atoms with E-state index in [4.69, 9.17) is 0 Å². The van der Waals surface area contributed by atoms with Crippen LogP contribution in [0, 0.1) is 0 Å². The molecule has 2 aromatic carbocycles. The fraction of sp³-hybridized carbons (Fsp3) is 0.400. The molecule has 0 unspecified atom stereocenters. The van der Waals surface area contributed by atoms with Gasteiger partial charge in [0.25, 0.3) is 0 Å². The molecule has 2 heteroatoms. The number of rotatable bonds is 2. The highest BCUT2D eigenvalue weighted by atomic mass is 14.9. The molecule has 2 N–H and O–H groups in total. The number of hydrogen-bond donors (Lipinski definition) is 2. The Morgan fingerprint density at radius 3 is 2.36 bits per heavy atom. The zero-order valence-corrected chi connectivity index (χ0v) is 13.3. The van der Waals surface area contributed by atoms with Crippen molar-refractivity contribution in [2.75, 3.05) is 24.2 Å². The Balaban J connectivity index is 1.72. The summed E-state index contributed by atoms with van der Waals surface area (Å²) < 4.78 is 0. The third-order valence-corrected chi connectivity index (χ3v) is 5.53. The zero-order valence-electron chi connectivity index (χ0n) is 13.3. The average Bonchev–Trinajstić information content (AvgIpc) is 2.93. The normalized spacial score (nSPS) is 18.8. The van der Waals surface area contributed by atoms with Gasteiger partial charge in [0.2, 0.25) is 0 Å². The summed E-state index contributed by atoms with van der Waals surface area (Å²) in [5.41, 5.74) is 7.12. The topological polar surface area (TPSA) is 24.1 Å². The largest absolute Gasteiger partial charge is 0.388 e. The van der Waals surface area contributed by atoms with E-state index in [9.17, 15) is 0 Å². The van der Waals surface area contributed by atoms with Crippen LogP contribution in [0.5, 0.6) is 0 Å². The second-order valence-electron chi connectivity index (χ2n) is 6.78. The van der Waals surface area contributed by atoms with Crippen molar-refractivity contribution in [2.24, 2.45) is 0 Å². The Morgan fingerprint density at radius 2 is 1.64 bits per heavy atom. The lowest BCUT2D eigenvalue weighted by molar-refractivity contribution is 0.319. The summed E-state index contributed by atoms with van der Waals surface area (Å²) in [5, 5.41) is 6.83. The first-order valence-corrected chi connectivity index (χ1v) is 8.47. The van der Waals surface area contributed by atoms with Crippen LogP contribution in [0.2, 0.25) is 0 Å². The van der Waals surface area contributed by atoms with Crippen LogP contribution in [0.3, 0.4) is 0 Å². The van der Waals surface area contributed by atoms with E-state index in [1.807, 2.05) is 7.05 Å². The molecule has 0 amide bonds. The van der Waals surface area contributed by atoms with Gasteiger partial charge in [-0.15, -0.1) is 0 Å². The Kier molecular flexibility index (Phi) is 3.33. The molecule has 1 aliphatic carbocycles. The molecule has 1 spiro atoms. The van der Waals surface area contributed by atoms with Crippen LogP contribution in [-0.4, -0.2) is 13.6 Å². The summed E-state index contributed by atoms with van der Waals surface area (Å²) in [5.74, 6) is 0. The van der Waals surface area contributed by atoms with Gasteiger partial charge in [-0.05, 0) is 53.8 Å². The Labute approximate surface area is 132 Å². The molecule has 0 radical (unpaired) electrons. The van der Waals surface area contributed by atoms with Gasteiger partial charge in [-0.3, -0.25) is 0 Å². The Bertz CT molecular complexity index is 661. The van der Waals surface area contributed by atoms with Crippen molar-refractivity contribution in [3.05, 3.63) is 48.0 Å². The molecule has 0 saturated heterocycles. The molecule has 0 aromatic heterocycles. The molecule has 0 atom stereocenters. The van der Waals surface area contributed by atoms with Crippen molar-refractivity contribution in [3.8, 4) is 11.1 Å². The predicted molar refractivity (Wildman–Crippen MR) is 94.7 cm³/mol. The summed E-state index contributed by atoms with van der Waals surface area (Å²) >= 11 is 0. The van der Waals surface area contributed by atoms with E-state index in [0.29, 0.717) is 5.41 Å². The molecule has 1 heterocycles. The van der Waals surface area contributed by atoms with E-state index in [-0.39, 0.29) is 0 Å². The maximum absolute atomic E-state index is 3.65. The lowest BCUT2D eigenvalue weighted by Gasteiger charge is -2.33. The summed E-state index contributed by atoms with van der Waals surface area (Å²) in [6, 6.07) is 15.7. The molecule has 2 nitrogen and oxygen atoms in total. The van der Waals surface area contributed by atoms with Crippen LogP contribution < -0.4 is 10.6 Å². The number of benzene rings is 2. The molecular formula is C20H24N2. The van der Waals surface area contributed by atoms with Crippen molar-refractivity contribution in [1.82, 2.24) is 0 Å². The highest BCUT2D eigenvalue weighted by molar-refractivity contribution is 5.73. The third kappa shape index (κ3) is 2.18. The molecule has 1 saturated carbocycles. The minimum atomic E-state index is 0.397. The molecule has 1 fully saturated rings. The molecule has 1 aliphatic heterocycles. The smallest absolute Gasteiger partial charge is 0.0379 e. The molecular weight excluding hydrogens is 268 g/mol. The second-order valence-corrected chi connectivity index (χ2v) is 6.78. The summed E-state index contributed by atoms with van der Waals surface area (Å²) in [6.45, 7) is 1.13. The first-order valence-electron chi connectivity index (χ1n) is 8.47. The van der Waals surface area contributed by atoms with Gasteiger partial charge in [-0.1, -0.05) is 37.5 Å². The highest BCUT2D eigenvalue weighted by Gasteiger charge is 2.39. The van der Waals surface area contributed by atoms with E-state index >= 15 is 0 Å².